The van der Waals surface area contributed by atoms with Gasteiger partial charge in [0.25, 0.3) is 0 Å². The van der Waals surface area contributed by atoms with Gasteiger partial charge < -0.3 is 4.74 Å². The Hall–Kier alpha value is -0.0400. The van der Waals surface area contributed by atoms with E-state index in [2.05, 4.69) is 27.7 Å². The molecule has 0 aromatic carbocycles. The zero-order valence-electron chi connectivity index (χ0n) is 8.39. The van der Waals surface area contributed by atoms with E-state index in [1.165, 1.54) is 12.8 Å². The molecule has 1 nitrogen and oxygen atoms in total. The molecule has 0 aliphatic carbocycles. The van der Waals surface area contributed by atoms with Crippen LogP contribution in [0.15, 0.2) is 0 Å². The molecule has 0 heterocycles. The largest absolute Gasteiger partial charge is 0.379 e. The molecule has 11 heavy (non-hydrogen) atoms. The van der Waals surface area contributed by atoms with Gasteiger partial charge in [0.05, 0.1) is 6.10 Å². The Morgan fingerprint density at radius 2 is 1.73 bits per heavy atom. The van der Waals surface area contributed by atoms with Crippen LogP contribution in [-0.4, -0.2) is 12.7 Å². The normalized spacial score (nSPS) is 13.9. The third kappa shape index (κ3) is 7.86. The van der Waals surface area contributed by atoms with E-state index in [0.717, 1.165) is 18.9 Å². The summed E-state index contributed by atoms with van der Waals surface area (Å²) in [6.45, 7) is 9.74. The second-order valence-electron chi connectivity index (χ2n) is 3.65. The topological polar surface area (TPSA) is 9.23 Å². The Morgan fingerprint density at radius 1 is 1.09 bits per heavy atom. The maximum atomic E-state index is 5.54. The SMILES string of the molecule is CCCOC(C)CCC(C)C. The highest BCUT2D eigenvalue weighted by Crippen LogP contribution is 2.08. The Balaban J connectivity index is 3.15. The minimum absolute atomic E-state index is 0.456. The molecule has 0 fully saturated rings. The maximum absolute atomic E-state index is 5.54. The van der Waals surface area contributed by atoms with E-state index < -0.39 is 0 Å². The number of hydrogen-bond donors (Lipinski definition) is 0. The van der Waals surface area contributed by atoms with E-state index in [1.807, 2.05) is 0 Å². The summed E-state index contributed by atoms with van der Waals surface area (Å²) in [5.41, 5.74) is 0. The highest BCUT2D eigenvalue weighted by atomic mass is 16.5. The summed E-state index contributed by atoms with van der Waals surface area (Å²) in [5.74, 6) is 0.808. The molecule has 0 rings (SSSR count). The van der Waals surface area contributed by atoms with Crippen molar-refractivity contribution in [2.45, 2.75) is 53.1 Å². The van der Waals surface area contributed by atoms with E-state index in [4.69, 9.17) is 4.74 Å². The van der Waals surface area contributed by atoms with Gasteiger partial charge in [-0.25, -0.2) is 0 Å². The average molecular weight is 158 g/mol. The predicted octanol–water partition coefficient (Wildman–Crippen LogP) is 3.24. The first-order valence-electron chi connectivity index (χ1n) is 4.78. The quantitative estimate of drug-likeness (QED) is 0.576. The molecule has 0 aliphatic heterocycles. The van der Waals surface area contributed by atoms with Crippen LogP contribution < -0.4 is 0 Å². The summed E-state index contributed by atoms with van der Waals surface area (Å²) in [7, 11) is 0. The van der Waals surface area contributed by atoms with Gasteiger partial charge in [0.15, 0.2) is 0 Å². The predicted molar refractivity (Wildman–Crippen MR) is 49.8 cm³/mol. The summed E-state index contributed by atoms with van der Waals surface area (Å²) in [4.78, 5) is 0. The van der Waals surface area contributed by atoms with Gasteiger partial charge in [-0.2, -0.15) is 0 Å². The van der Waals surface area contributed by atoms with Crippen LogP contribution in [0.1, 0.15) is 47.0 Å². The minimum atomic E-state index is 0.456. The van der Waals surface area contributed by atoms with Crippen molar-refractivity contribution in [3.05, 3.63) is 0 Å². The second kappa shape index (κ2) is 6.66. The lowest BCUT2D eigenvalue weighted by molar-refractivity contribution is 0.0571. The summed E-state index contributed by atoms with van der Waals surface area (Å²) in [5, 5.41) is 0. The molecule has 0 bridgehead atoms. The molecule has 68 valence electrons. The van der Waals surface area contributed by atoms with Crippen molar-refractivity contribution in [3.8, 4) is 0 Å². The minimum Gasteiger partial charge on any atom is -0.379 e. The number of rotatable bonds is 6. The van der Waals surface area contributed by atoms with Crippen molar-refractivity contribution in [2.24, 2.45) is 5.92 Å². The Kier molecular flexibility index (Phi) is 6.63. The molecule has 1 unspecified atom stereocenters. The summed E-state index contributed by atoms with van der Waals surface area (Å²) in [6.07, 6.45) is 4.08. The van der Waals surface area contributed by atoms with Gasteiger partial charge in [0.1, 0.15) is 0 Å². The molecule has 0 N–H and O–H groups in total. The van der Waals surface area contributed by atoms with Crippen molar-refractivity contribution >= 4 is 0 Å². The van der Waals surface area contributed by atoms with E-state index in [-0.39, 0.29) is 0 Å². The summed E-state index contributed by atoms with van der Waals surface area (Å²) < 4.78 is 5.54. The molecular formula is C10H22O. The van der Waals surface area contributed by atoms with E-state index in [0.29, 0.717) is 6.10 Å². The van der Waals surface area contributed by atoms with Gasteiger partial charge in [-0.05, 0) is 32.1 Å². The Morgan fingerprint density at radius 3 is 2.18 bits per heavy atom. The molecule has 0 saturated heterocycles. The highest BCUT2D eigenvalue weighted by molar-refractivity contribution is 4.53. The molecule has 0 radical (unpaired) electrons. The lowest BCUT2D eigenvalue weighted by atomic mass is 10.1. The number of ether oxygens (including phenoxy) is 1. The van der Waals surface area contributed by atoms with Gasteiger partial charge in [0, 0.05) is 6.61 Å². The first-order valence-corrected chi connectivity index (χ1v) is 4.78. The van der Waals surface area contributed by atoms with Crippen LogP contribution in [0, 0.1) is 5.92 Å². The molecule has 0 aromatic heterocycles. The van der Waals surface area contributed by atoms with Crippen LogP contribution in [0.25, 0.3) is 0 Å². The van der Waals surface area contributed by atoms with Gasteiger partial charge in [-0.1, -0.05) is 20.8 Å². The van der Waals surface area contributed by atoms with Crippen molar-refractivity contribution < 1.29 is 4.74 Å². The van der Waals surface area contributed by atoms with Crippen LogP contribution in [0.5, 0.6) is 0 Å². The average Bonchev–Trinajstić information content (AvgIpc) is 1.97. The van der Waals surface area contributed by atoms with Crippen molar-refractivity contribution in [1.82, 2.24) is 0 Å². The van der Waals surface area contributed by atoms with Crippen molar-refractivity contribution in [2.75, 3.05) is 6.61 Å². The van der Waals surface area contributed by atoms with Crippen LogP contribution >= 0.6 is 0 Å². The molecule has 0 aromatic rings. The third-order valence-corrected chi connectivity index (χ3v) is 1.76. The van der Waals surface area contributed by atoms with Crippen molar-refractivity contribution in [1.29, 1.82) is 0 Å². The van der Waals surface area contributed by atoms with Gasteiger partial charge in [-0.3, -0.25) is 0 Å². The zero-order valence-corrected chi connectivity index (χ0v) is 8.39. The first kappa shape index (κ1) is 11.0. The molecule has 1 heteroatoms. The summed E-state index contributed by atoms with van der Waals surface area (Å²) in [6, 6.07) is 0. The van der Waals surface area contributed by atoms with E-state index in [9.17, 15) is 0 Å². The van der Waals surface area contributed by atoms with Crippen LogP contribution in [-0.2, 0) is 4.74 Å². The maximum Gasteiger partial charge on any atom is 0.0547 e. The molecular weight excluding hydrogens is 136 g/mol. The lowest BCUT2D eigenvalue weighted by Crippen LogP contribution is -2.09. The molecule has 1 atom stereocenters. The Bertz CT molecular complexity index is 78.9. The van der Waals surface area contributed by atoms with Gasteiger partial charge in [-0.15, -0.1) is 0 Å². The molecule has 0 aliphatic rings. The zero-order chi connectivity index (χ0) is 8.69. The number of hydrogen-bond acceptors (Lipinski definition) is 1. The summed E-state index contributed by atoms with van der Waals surface area (Å²) >= 11 is 0. The van der Waals surface area contributed by atoms with Crippen molar-refractivity contribution in [3.63, 3.8) is 0 Å². The van der Waals surface area contributed by atoms with E-state index >= 15 is 0 Å². The molecule has 0 saturated carbocycles. The van der Waals surface area contributed by atoms with E-state index in [1.54, 1.807) is 0 Å². The Labute approximate surface area is 71.1 Å². The standard InChI is InChI=1S/C10H22O/c1-5-8-11-10(4)7-6-9(2)3/h9-10H,5-8H2,1-4H3. The smallest absolute Gasteiger partial charge is 0.0547 e. The fourth-order valence-electron chi connectivity index (χ4n) is 0.970. The highest BCUT2D eigenvalue weighted by Gasteiger charge is 2.02. The van der Waals surface area contributed by atoms with Crippen LogP contribution in [0.4, 0.5) is 0 Å². The monoisotopic (exact) mass is 158 g/mol. The first-order chi connectivity index (χ1) is 5.16. The molecule has 0 amide bonds. The van der Waals surface area contributed by atoms with Crippen LogP contribution in [0.2, 0.25) is 0 Å². The second-order valence-corrected chi connectivity index (χ2v) is 3.65. The fourth-order valence-corrected chi connectivity index (χ4v) is 0.970. The lowest BCUT2D eigenvalue weighted by Gasteiger charge is -2.13. The van der Waals surface area contributed by atoms with Gasteiger partial charge in [0.2, 0.25) is 0 Å². The van der Waals surface area contributed by atoms with Crippen LogP contribution in [0.3, 0.4) is 0 Å². The fraction of sp³-hybridized carbons (Fsp3) is 1.00. The molecule has 0 spiro atoms. The third-order valence-electron chi connectivity index (χ3n) is 1.76. The van der Waals surface area contributed by atoms with Gasteiger partial charge >= 0.3 is 0 Å².